The lowest BCUT2D eigenvalue weighted by Gasteiger charge is -2.24. The minimum atomic E-state index is -3.14. The van der Waals surface area contributed by atoms with Gasteiger partial charge in [0, 0.05) is 15.4 Å². The minimum Gasteiger partial charge on any atom is -0.480 e. The summed E-state index contributed by atoms with van der Waals surface area (Å²) >= 11 is 4.64. The van der Waals surface area contributed by atoms with Crippen LogP contribution in [0, 0.1) is 0 Å². The molecule has 0 radical (unpaired) electrons. The Morgan fingerprint density at radius 2 is 2.12 bits per heavy atom. The van der Waals surface area contributed by atoms with Crippen LogP contribution in [0.3, 0.4) is 0 Å². The van der Waals surface area contributed by atoms with Gasteiger partial charge in [-0.3, -0.25) is 4.79 Å². The van der Waals surface area contributed by atoms with Crippen molar-refractivity contribution in [2.45, 2.75) is 11.3 Å². The lowest BCUT2D eigenvalue weighted by atomic mass is 10.2. The highest BCUT2D eigenvalue weighted by molar-refractivity contribution is 9.10. The number of carbonyl (C=O) groups excluding carboxylic acids is 1. The van der Waals surface area contributed by atoms with Gasteiger partial charge in [0.1, 0.15) is 13.2 Å². The molecule has 2 saturated heterocycles. The number of anilines is 1. The molecule has 2 aliphatic rings. The summed E-state index contributed by atoms with van der Waals surface area (Å²) in [7, 11) is -3.14. The Hall–Kier alpha value is -1.43. The number of amides is 1. The molecule has 0 saturated carbocycles. The maximum absolute atomic E-state index is 12.0. The fourth-order valence-electron chi connectivity index (χ4n) is 2.86. The molecule has 8 nitrogen and oxygen atoms in total. The van der Waals surface area contributed by atoms with Gasteiger partial charge in [0.25, 0.3) is 5.91 Å². The average molecular weight is 463 g/mol. The van der Waals surface area contributed by atoms with E-state index in [2.05, 4.69) is 20.9 Å². The highest BCUT2D eigenvalue weighted by Gasteiger charge is 2.49. The van der Waals surface area contributed by atoms with Crippen LogP contribution in [0.2, 0.25) is 0 Å². The lowest BCUT2D eigenvalue weighted by molar-refractivity contribution is -0.143. The molecule has 26 heavy (non-hydrogen) atoms. The Balaban J connectivity index is 1.85. The van der Waals surface area contributed by atoms with Crippen molar-refractivity contribution < 1.29 is 27.9 Å². The van der Waals surface area contributed by atoms with Gasteiger partial charge in [0.15, 0.2) is 15.0 Å². The van der Waals surface area contributed by atoms with Crippen molar-refractivity contribution in [3.63, 3.8) is 0 Å². The number of benzene rings is 1. The predicted molar refractivity (Wildman–Crippen MR) is 101 cm³/mol. The normalized spacial score (nSPS) is 25.4. The van der Waals surface area contributed by atoms with Gasteiger partial charge >= 0.3 is 5.97 Å². The highest BCUT2D eigenvalue weighted by atomic mass is 79.9. The quantitative estimate of drug-likeness (QED) is 0.692. The van der Waals surface area contributed by atoms with Crippen molar-refractivity contribution in [3.8, 4) is 0 Å². The van der Waals surface area contributed by atoms with Crippen LogP contribution >= 0.6 is 27.7 Å². The van der Waals surface area contributed by atoms with Gasteiger partial charge in [-0.25, -0.2) is 13.2 Å². The SMILES string of the molecule is O=C(O)COCC(=O)N=C1S[C@H]2CS(=O)(=O)C[C@@H]2N1c1cccc(Br)c1. The third kappa shape index (κ3) is 4.45. The summed E-state index contributed by atoms with van der Waals surface area (Å²) < 4.78 is 29.6. The molecule has 2 atom stereocenters. The zero-order valence-corrected chi connectivity index (χ0v) is 16.6. The van der Waals surface area contributed by atoms with E-state index < -0.39 is 34.9 Å². The van der Waals surface area contributed by atoms with E-state index in [0.717, 1.165) is 10.2 Å². The third-order valence-corrected chi connectivity index (χ3v) is 7.53. The maximum atomic E-state index is 12.0. The number of thioether (sulfide) groups is 1. The second-order valence-corrected chi connectivity index (χ2v) is 10.1. The summed E-state index contributed by atoms with van der Waals surface area (Å²) in [5, 5.41) is 8.74. The number of ether oxygens (including phenoxy) is 1. The van der Waals surface area contributed by atoms with E-state index in [1.807, 2.05) is 24.3 Å². The summed E-state index contributed by atoms with van der Waals surface area (Å²) in [6.45, 7) is -1.03. The van der Waals surface area contributed by atoms with E-state index in [9.17, 15) is 18.0 Å². The van der Waals surface area contributed by atoms with Crippen molar-refractivity contribution in [2.24, 2.45) is 4.99 Å². The monoisotopic (exact) mass is 462 g/mol. The number of carbonyl (C=O) groups is 2. The number of hydrogen-bond acceptors (Lipinski definition) is 6. The molecule has 2 heterocycles. The van der Waals surface area contributed by atoms with Crippen LogP contribution in [0.1, 0.15) is 0 Å². The number of sulfone groups is 1. The van der Waals surface area contributed by atoms with Gasteiger partial charge in [0.2, 0.25) is 0 Å². The van der Waals surface area contributed by atoms with Crippen molar-refractivity contribution >= 4 is 60.3 Å². The second-order valence-electron chi connectivity index (χ2n) is 5.83. The zero-order valence-electron chi connectivity index (χ0n) is 13.4. The average Bonchev–Trinajstić information content (AvgIpc) is 2.97. The zero-order chi connectivity index (χ0) is 18.9. The number of halogens is 1. The second kappa shape index (κ2) is 7.67. The van der Waals surface area contributed by atoms with E-state index in [0.29, 0.717) is 5.17 Å². The Bertz CT molecular complexity index is 873. The van der Waals surface area contributed by atoms with Crippen molar-refractivity contribution in [1.29, 1.82) is 0 Å². The summed E-state index contributed by atoms with van der Waals surface area (Å²) in [5.74, 6) is -1.75. The van der Waals surface area contributed by atoms with E-state index in [4.69, 9.17) is 9.84 Å². The van der Waals surface area contributed by atoms with Crippen LogP contribution in [0.4, 0.5) is 5.69 Å². The first-order valence-corrected chi connectivity index (χ1v) is 11.1. The van der Waals surface area contributed by atoms with Crippen molar-refractivity contribution in [1.82, 2.24) is 0 Å². The highest BCUT2D eigenvalue weighted by Crippen LogP contribution is 2.41. The van der Waals surface area contributed by atoms with Gasteiger partial charge in [0.05, 0.1) is 17.5 Å². The summed E-state index contributed by atoms with van der Waals surface area (Å²) in [4.78, 5) is 28.2. The summed E-state index contributed by atoms with van der Waals surface area (Å²) in [6.07, 6.45) is 0. The van der Waals surface area contributed by atoms with Crippen LogP contribution in [0.5, 0.6) is 0 Å². The summed E-state index contributed by atoms with van der Waals surface area (Å²) in [6, 6.07) is 7.01. The molecular formula is C15H15BrN2O6S2. The predicted octanol–water partition coefficient (Wildman–Crippen LogP) is 1.15. The molecule has 1 amide bonds. The first kappa shape index (κ1) is 19.3. The molecule has 140 valence electrons. The van der Waals surface area contributed by atoms with Crippen molar-refractivity contribution in [3.05, 3.63) is 28.7 Å². The van der Waals surface area contributed by atoms with Crippen molar-refractivity contribution in [2.75, 3.05) is 29.6 Å². The van der Waals surface area contributed by atoms with Crippen LogP contribution in [0.25, 0.3) is 0 Å². The van der Waals surface area contributed by atoms with Gasteiger partial charge < -0.3 is 14.7 Å². The Morgan fingerprint density at radius 3 is 2.81 bits per heavy atom. The fourth-order valence-corrected chi connectivity index (χ4v) is 7.18. The molecular weight excluding hydrogens is 448 g/mol. The largest absolute Gasteiger partial charge is 0.480 e. The molecule has 0 aliphatic carbocycles. The maximum Gasteiger partial charge on any atom is 0.329 e. The van der Waals surface area contributed by atoms with Gasteiger partial charge in [-0.1, -0.05) is 33.8 Å². The molecule has 0 unspecified atom stereocenters. The van der Waals surface area contributed by atoms with E-state index >= 15 is 0 Å². The number of carboxylic acid groups (broad SMARTS) is 1. The molecule has 3 rings (SSSR count). The topological polar surface area (TPSA) is 113 Å². The number of hydrogen-bond donors (Lipinski definition) is 1. The van der Waals surface area contributed by atoms with Gasteiger partial charge in [-0.05, 0) is 18.2 Å². The molecule has 2 aliphatic heterocycles. The van der Waals surface area contributed by atoms with Gasteiger partial charge in [-0.15, -0.1) is 0 Å². The molecule has 1 N–H and O–H groups in total. The number of amidine groups is 1. The number of aliphatic carboxylic acids is 1. The van der Waals surface area contributed by atoms with E-state index in [1.165, 1.54) is 11.8 Å². The number of rotatable bonds is 5. The Morgan fingerprint density at radius 1 is 1.35 bits per heavy atom. The third-order valence-electron chi connectivity index (χ3n) is 3.82. The molecule has 0 spiro atoms. The van der Waals surface area contributed by atoms with Crippen LogP contribution in [-0.4, -0.2) is 66.6 Å². The first-order valence-electron chi connectivity index (χ1n) is 7.58. The minimum absolute atomic E-state index is 0.0000946. The van der Waals surface area contributed by atoms with E-state index in [1.54, 1.807) is 4.90 Å². The molecule has 0 bridgehead atoms. The molecule has 11 heteroatoms. The first-order chi connectivity index (χ1) is 12.2. The van der Waals surface area contributed by atoms with Gasteiger partial charge in [-0.2, -0.15) is 4.99 Å². The standard InChI is InChI=1S/C15H15BrN2O6S2/c16-9-2-1-3-10(4-9)18-11-7-26(22,23)8-12(11)25-15(18)17-13(19)5-24-6-14(20)21/h1-4,11-12H,5-8H2,(H,20,21)/t11-,12-/m0/s1. The van der Waals surface area contributed by atoms with Crippen LogP contribution < -0.4 is 4.90 Å². The number of nitrogens with zero attached hydrogens (tertiary/aromatic N) is 2. The molecule has 0 aromatic heterocycles. The molecule has 2 fully saturated rings. The summed E-state index contributed by atoms with van der Waals surface area (Å²) in [5.41, 5.74) is 0.731. The van der Waals surface area contributed by atoms with Crippen LogP contribution in [-0.2, 0) is 24.2 Å². The number of carboxylic acids is 1. The van der Waals surface area contributed by atoms with E-state index in [-0.39, 0.29) is 22.8 Å². The molecule has 1 aromatic carbocycles. The Labute approximate surface area is 162 Å². The number of fused-ring (bicyclic) bond motifs is 1. The van der Waals surface area contributed by atoms with Crippen LogP contribution in [0.15, 0.2) is 33.7 Å². The molecule has 1 aromatic rings. The fraction of sp³-hybridized carbons (Fsp3) is 0.400. The lowest BCUT2D eigenvalue weighted by Crippen LogP contribution is -2.37. The Kier molecular flexibility index (Phi) is 5.70. The number of aliphatic imine (C=N–C) groups is 1. The smallest absolute Gasteiger partial charge is 0.329 e.